The van der Waals surface area contributed by atoms with E-state index in [-0.39, 0.29) is 10.9 Å². The first kappa shape index (κ1) is 5.83. The summed E-state index contributed by atoms with van der Waals surface area (Å²) in [4.78, 5) is 12.9. The highest BCUT2D eigenvalue weighted by Crippen LogP contribution is 2.33. The van der Waals surface area contributed by atoms with Gasteiger partial charge in [0, 0.05) is 8.22 Å². The van der Waals surface area contributed by atoms with E-state index in [0.29, 0.717) is 11.1 Å². The summed E-state index contributed by atoms with van der Waals surface area (Å²) in [5.41, 5.74) is -2.48. The molecule has 102 valence electrons. The van der Waals surface area contributed by atoms with Crippen LogP contribution >= 0.6 is 0 Å². The third-order valence-corrected chi connectivity index (χ3v) is 3.10. The normalized spacial score (nSPS) is 50.7. The number of rotatable bonds is 2. The highest BCUT2D eigenvalue weighted by molar-refractivity contribution is 5.86. The van der Waals surface area contributed by atoms with Gasteiger partial charge in [0.25, 0.3) is 0 Å². The number of hydrogen-bond acceptors (Lipinski definition) is 3. The highest BCUT2D eigenvalue weighted by atomic mass is 16.5. The maximum atomic E-state index is 12.9. The molecule has 1 aliphatic heterocycles. The first-order chi connectivity index (χ1) is 12.7. The van der Waals surface area contributed by atoms with Gasteiger partial charge in [-0.2, -0.15) is 0 Å². The fourth-order valence-corrected chi connectivity index (χ4v) is 2.09. The van der Waals surface area contributed by atoms with Crippen molar-refractivity contribution in [2.75, 3.05) is 7.11 Å². The molecule has 2 fully saturated rings. The van der Waals surface area contributed by atoms with Crippen LogP contribution in [0.5, 0.6) is 5.75 Å². The maximum absolute atomic E-state index is 12.9. The number of carbonyl (C=O) groups excluding carboxylic acids is 1. The molecule has 1 spiro atoms. The zero-order chi connectivity index (χ0) is 21.3. The van der Waals surface area contributed by atoms with Gasteiger partial charge in [0.2, 0.25) is 5.91 Å². The van der Waals surface area contributed by atoms with Crippen LogP contribution in [0, 0.1) is 0 Å². The number of nitrogens with one attached hydrogen (secondary N) is 2. The van der Waals surface area contributed by atoms with Crippen molar-refractivity contribution >= 4 is 5.91 Å². The minimum atomic E-state index is -3.14. The molecule has 2 unspecified atom stereocenters. The average molecular weight is 269 g/mol. The van der Waals surface area contributed by atoms with E-state index in [2.05, 4.69) is 0 Å². The van der Waals surface area contributed by atoms with Crippen LogP contribution in [0.15, 0.2) is 24.3 Å². The van der Waals surface area contributed by atoms with E-state index in [9.17, 15) is 4.79 Å². The smallest absolute Gasteiger partial charge is 0.243 e. The van der Waals surface area contributed by atoms with Crippen LogP contribution in [0.25, 0.3) is 0 Å². The SMILES string of the molecule is [2H]N1C(=O)C([2H])(c2ccc(OC)cc2)N([2H])C12CCC([2H])([2H])C([2H])([2H])C2([2H])[2H]. The molecule has 1 saturated heterocycles. The predicted octanol–water partition coefficient (Wildman–Crippen LogP) is 2.12. The van der Waals surface area contributed by atoms with E-state index < -0.39 is 49.5 Å². The van der Waals surface area contributed by atoms with E-state index in [4.69, 9.17) is 17.2 Å². The van der Waals surface area contributed by atoms with Crippen molar-refractivity contribution in [3.05, 3.63) is 29.8 Å². The van der Waals surface area contributed by atoms with Gasteiger partial charge < -0.3 is 10.0 Å². The molecule has 4 heteroatoms. The van der Waals surface area contributed by atoms with E-state index in [0.717, 1.165) is 0 Å². The Labute approximate surface area is 126 Å². The fraction of sp³-hybridized carbons (Fsp3) is 0.533. The summed E-state index contributed by atoms with van der Waals surface area (Å²) in [7, 11) is 1.43. The summed E-state index contributed by atoms with van der Waals surface area (Å²) < 4.78 is 79.0. The Hall–Kier alpha value is -1.55. The summed E-state index contributed by atoms with van der Waals surface area (Å²) >= 11 is 0. The second kappa shape index (κ2) is 4.85. The Kier molecular flexibility index (Phi) is 1.49. The molecule has 2 aliphatic rings. The van der Waals surface area contributed by atoms with Crippen LogP contribution in [0.4, 0.5) is 0 Å². The highest BCUT2D eigenvalue weighted by Gasteiger charge is 2.44. The second-order valence-electron chi connectivity index (χ2n) is 4.35. The number of methoxy groups -OCH3 is 1. The fourth-order valence-electron chi connectivity index (χ4n) is 2.09. The Balaban J connectivity index is 2.18. The van der Waals surface area contributed by atoms with Crippen molar-refractivity contribution in [3.8, 4) is 5.75 Å². The molecule has 1 amide bonds. The van der Waals surface area contributed by atoms with Gasteiger partial charge in [-0.15, -0.1) is 0 Å². The third-order valence-electron chi connectivity index (χ3n) is 3.10. The summed E-state index contributed by atoms with van der Waals surface area (Å²) in [5, 5.41) is 0.453. The number of hydrogen-bond donors (Lipinski definition) is 2. The number of carbonyl (C=O) groups is 1. The van der Waals surface area contributed by atoms with Gasteiger partial charge in [-0.05, 0) is 43.3 Å². The van der Waals surface area contributed by atoms with Crippen molar-refractivity contribution in [3.63, 3.8) is 0 Å². The summed E-state index contributed by atoms with van der Waals surface area (Å²) in [6.07, 6.45) is -9.85. The Bertz CT molecular complexity index is 803. The molecule has 2 atom stereocenters. The van der Waals surface area contributed by atoms with E-state index in [1.54, 1.807) is 0 Å². The minimum absolute atomic E-state index is 0.00706. The first-order valence-corrected chi connectivity index (χ1v) is 5.99. The topological polar surface area (TPSA) is 50.4 Å². The number of ether oxygens (including phenoxy) is 1. The number of benzene rings is 1. The lowest BCUT2D eigenvalue weighted by Gasteiger charge is -2.33. The van der Waals surface area contributed by atoms with Crippen LogP contribution < -0.4 is 15.4 Å². The van der Waals surface area contributed by atoms with Gasteiger partial charge in [0.15, 0.2) is 1.41 Å². The third kappa shape index (κ3) is 2.32. The van der Waals surface area contributed by atoms with Gasteiger partial charge in [0.1, 0.15) is 13.2 Å². The molecule has 2 N–H and O–H groups in total. The van der Waals surface area contributed by atoms with Crippen molar-refractivity contribution < 1.29 is 22.0 Å². The van der Waals surface area contributed by atoms with Crippen molar-refractivity contribution in [2.45, 2.75) is 43.6 Å². The quantitative estimate of drug-likeness (QED) is 0.864. The van der Waals surface area contributed by atoms with Crippen LogP contribution in [0.3, 0.4) is 0 Å². The molecular weight excluding hydrogens is 240 g/mol. The first-order valence-electron chi connectivity index (χ1n) is 10.4. The van der Waals surface area contributed by atoms with Gasteiger partial charge in [-0.25, -0.2) is 0 Å². The van der Waals surface area contributed by atoms with Gasteiger partial charge >= 0.3 is 0 Å². The largest absolute Gasteiger partial charge is 0.497 e. The summed E-state index contributed by atoms with van der Waals surface area (Å²) in [6.45, 7) is 0. The van der Waals surface area contributed by atoms with E-state index in [1.807, 2.05) is 0 Å². The van der Waals surface area contributed by atoms with Gasteiger partial charge in [-0.3, -0.25) is 10.1 Å². The van der Waals surface area contributed by atoms with Gasteiger partial charge in [-0.1, -0.05) is 18.5 Å². The van der Waals surface area contributed by atoms with Crippen LogP contribution in [-0.2, 0) is 4.79 Å². The Morgan fingerprint density at radius 2 is 2.26 bits per heavy atom. The molecule has 3 rings (SSSR count). The average Bonchev–Trinajstić information content (AvgIpc) is 2.79. The van der Waals surface area contributed by atoms with Gasteiger partial charge in [0.05, 0.1) is 14.1 Å². The molecule has 4 nitrogen and oxygen atoms in total. The lowest BCUT2D eigenvalue weighted by molar-refractivity contribution is -0.121. The molecule has 0 bridgehead atoms. The molecule has 1 aliphatic carbocycles. The van der Waals surface area contributed by atoms with E-state index >= 15 is 0 Å². The molecule has 1 saturated carbocycles. The summed E-state index contributed by atoms with van der Waals surface area (Å²) in [5.74, 6) is -0.779. The Morgan fingerprint density at radius 3 is 3.00 bits per heavy atom. The lowest BCUT2D eigenvalue weighted by Crippen LogP contribution is -2.51. The minimum Gasteiger partial charge on any atom is -0.497 e. The molecule has 0 radical (unpaired) electrons. The molecular formula is C15H20N2O2. The predicted molar refractivity (Wildman–Crippen MR) is 72.8 cm³/mol. The van der Waals surface area contributed by atoms with Crippen LogP contribution in [0.2, 0.25) is 2.82 Å². The molecule has 1 aromatic rings. The standard InChI is InChI=1S/C15H20N2O2/c1-19-12-7-5-11(6-8-12)13-14(18)17-15(16-13)9-3-2-4-10-15/h5-8,13,16H,2-4,9-10H2,1H3,(H,17,18)/i2D2,3D2,9D2,13D/hD2. The monoisotopic (exact) mass is 269 g/mol. The van der Waals surface area contributed by atoms with E-state index in [1.165, 1.54) is 31.4 Å². The van der Waals surface area contributed by atoms with Crippen LogP contribution in [0.1, 0.15) is 53.1 Å². The maximum Gasteiger partial charge on any atom is 0.243 e. The zero-order valence-electron chi connectivity index (χ0n) is 19.4. The van der Waals surface area contributed by atoms with Crippen molar-refractivity contribution in [1.29, 1.82) is 0 Å². The summed E-state index contributed by atoms with van der Waals surface area (Å²) in [6, 6.07) is 3.12. The Morgan fingerprint density at radius 1 is 1.47 bits per heavy atom. The zero-order valence-corrected chi connectivity index (χ0v) is 10.4. The molecule has 1 heterocycles. The van der Waals surface area contributed by atoms with Crippen molar-refractivity contribution in [1.82, 2.24) is 10.6 Å². The van der Waals surface area contributed by atoms with Crippen molar-refractivity contribution in [2.24, 2.45) is 0 Å². The molecule has 19 heavy (non-hydrogen) atoms. The molecule has 0 aromatic heterocycles. The second-order valence-corrected chi connectivity index (χ2v) is 4.35. The van der Waals surface area contributed by atoms with Crippen LogP contribution in [-0.4, -0.2) is 18.7 Å². The number of amides is 1. The molecule has 1 aromatic carbocycles. The lowest BCUT2D eigenvalue weighted by atomic mass is 9.89.